The zero-order valence-electron chi connectivity index (χ0n) is 10.0. The summed E-state index contributed by atoms with van der Waals surface area (Å²) in [7, 11) is 0. The van der Waals surface area contributed by atoms with Crippen LogP contribution in [-0.4, -0.2) is 23.9 Å². The lowest BCUT2D eigenvalue weighted by Crippen LogP contribution is -2.32. The Morgan fingerprint density at radius 3 is 2.84 bits per heavy atom. The molecule has 0 radical (unpaired) electrons. The molecule has 1 aliphatic rings. The van der Waals surface area contributed by atoms with E-state index in [1.165, 1.54) is 11.3 Å². The highest BCUT2D eigenvalue weighted by atomic mass is 32.1. The van der Waals surface area contributed by atoms with Gasteiger partial charge in [-0.15, -0.1) is 11.3 Å². The van der Waals surface area contributed by atoms with Crippen molar-refractivity contribution in [1.29, 1.82) is 0 Å². The molecule has 0 fully saturated rings. The van der Waals surface area contributed by atoms with E-state index >= 15 is 0 Å². The quantitative estimate of drug-likeness (QED) is 0.850. The molecule has 19 heavy (non-hydrogen) atoms. The van der Waals surface area contributed by atoms with Gasteiger partial charge in [-0.3, -0.25) is 0 Å². The van der Waals surface area contributed by atoms with Crippen LogP contribution in [0.25, 0.3) is 0 Å². The monoisotopic (exact) mass is 298 g/mol. The van der Waals surface area contributed by atoms with Crippen molar-refractivity contribution in [2.24, 2.45) is 5.73 Å². The van der Waals surface area contributed by atoms with Gasteiger partial charge in [0.2, 0.25) is 0 Å². The normalized spacial score (nSPS) is 19.8. The maximum absolute atomic E-state index is 12.6. The Labute approximate surface area is 111 Å². The Hall–Kier alpha value is -0.730. The van der Waals surface area contributed by atoms with Crippen LogP contribution in [-0.2, 0) is 17.8 Å². The zero-order chi connectivity index (χ0) is 14.0. The molecule has 1 atom stereocenters. The molecule has 0 amide bonds. The minimum atomic E-state index is -4.12. The van der Waals surface area contributed by atoms with Crippen molar-refractivity contribution in [1.82, 2.24) is 4.98 Å². The van der Waals surface area contributed by atoms with Crippen LogP contribution in [0.3, 0.4) is 0 Å². The van der Waals surface area contributed by atoms with Crippen LogP contribution in [0.15, 0.2) is 0 Å². The number of rotatable bonds is 5. The Bertz CT molecular complexity index is 438. The summed E-state index contributed by atoms with van der Waals surface area (Å²) in [5.41, 5.74) is 6.79. The summed E-state index contributed by atoms with van der Waals surface area (Å²) in [6.45, 7) is -1.49. The minimum Gasteiger partial charge on any atom is -0.368 e. The number of hydrogen-bond donors (Lipinski definition) is 1. The molecule has 1 unspecified atom stereocenters. The summed E-state index contributed by atoms with van der Waals surface area (Å²) in [5.74, 6) is -4.12. The predicted molar refractivity (Wildman–Crippen MR) is 62.6 cm³/mol. The van der Waals surface area contributed by atoms with E-state index < -0.39 is 19.0 Å². The van der Waals surface area contributed by atoms with E-state index in [4.69, 9.17) is 5.73 Å². The number of aryl methyl sites for hydroxylation is 1. The molecule has 1 heterocycles. The molecule has 1 aromatic rings. The number of aromatic nitrogens is 1. The first-order chi connectivity index (χ1) is 8.90. The zero-order valence-corrected chi connectivity index (χ0v) is 10.9. The summed E-state index contributed by atoms with van der Waals surface area (Å²) in [4.78, 5) is 5.20. The molecule has 0 spiro atoms. The van der Waals surface area contributed by atoms with Gasteiger partial charge < -0.3 is 10.5 Å². The molecule has 2 rings (SSSR count). The van der Waals surface area contributed by atoms with Crippen LogP contribution in [0.4, 0.5) is 17.6 Å². The first-order valence-corrected chi connectivity index (χ1v) is 6.69. The number of fused-ring (bicyclic) bond motifs is 1. The van der Waals surface area contributed by atoms with Gasteiger partial charge in [0.05, 0.1) is 12.3 Å². The van der Waals surface area contributed by atoms with Crippen molar-refractivity contribution < 1.29 is 22.3 Å². The fourth-order valence-electron chi connectivity index (χ4n) is 1.90. The van der Waals surface area contributed by atoms with Gasteiger partial charge in [0.1, 0.15) is 11.6 Å². The van der Waals surface area contributed by atoms with Crippen LogP contribution in [0.5, 0.6) is 0 Å². The molecule has 3 nitrogen and oxygen atoms in total. The highest BCUT2D eigenvalue weighted by Gasteiger charge is 2.41. The smallest absolute Gasteiger partial charge is 0.330 e. The number of nitrogens with zero attached hydrogens (tertiary/aromatic N) is 1. The topological polar surface area (TPSA) is 48.1 Å². The third-order valence-electron chi connectivity index (χ3n) is 2.88. The Morgan fingerprint density at radius 2 is 2.21 bits per heavy atom. The van der Waals surface area contributed by atoms with Gasteiger partial charge in [-0.25, -0.2) is 13.8 Å². The number of thiazole rings is 1. The van der Waals surface area contributed by atoms with Crippen molar-refractivity contribution in [2.45, 2.75) is 44.3 Å². The number of nitrogens with two attached hydrogens (primary N) is 1. The van der Waals surface area contributed by atoms with Crippen molar-refractivity contribution in [3.8, 4) is 0 Å². The van der Waals surface area contributed by atoms with Crippen LogP contribution in [0, 0.1) is 0 Å². The van der Waals surface area contributed by atoms with Crippen LogP contribution in [0.2, 0.25) is 0 Å². The SMILES string of the molecule is NC1CCCc2nc(COCC(F)(F)C(F)F)sc21. The molecule has 0 saturated carbocycles. The Kier molecular flexibility index (Phi) is 4.42. The molecule has 0 bridgehead atoms. The first-order valence-electron chi connectivity index (χ1n) is 5.88. The van der Waals surface area contributed by atoms with E-state index in [0.717, 1.165) is 29.8 Å². The van der Waals surface area contributed by atoms with Crippen LogP contribution in [0.1, 0.15) is 34.5 Å². The van der Waals surface area contributed by atoms with E-state index in [1.807, 2.05) is 0 Å². The van der Waals surface area contributed by atoms with Crippen molar-refractivity contribution >= 4 is 11.3 Å². The second kappa shape index (κ2) is 5.72. The Morgan fingerprint density at radius 1 is 1.47 bits per heavy atom. The van der Waals surface area contributed by atoms with Gasteiger partial charge in [-0.2, -0.15) is 8.78 Å². The third-order valence-corrected chi connectivity index (χ3v) is 4.08. The van der Waals surface area contributed by atoms with Gasteiger partial charge >= 0.3 is 12.3 Å². The summed E-state index contributed by atoms with van der Waals surface area (Å²) in [5, 5.41) is 0.507. The lowest BCUT2D eigenvalue weighted by Gasteiger charge is -2.15. The first kappa shape index (κ1) is 14.7. The van der Waals surface area contributed by atoms with E-state index in [2.05, 4.69) is 9.72 Å². The summed E-state index contributed by atoms with van der Waals surface area (Å²) < 4.78 is 53.7. The maximum Gasteiger partial charge on any atom is 0.330 e. The van der Waals surface area contributed by atoms with Gasteiger partial charge in [-0.1, -0.05) is 0 Å². The molecule has 0 aliphatic heterocycles. The largest absolute Gasteiger partial charge is 0.368 e. The van der Waals surface area contributed by atoms with Gasteiger partial charge in [0.15, 0.2) is 0 Å². The lowest BCUT2D eigenvalue weighted by atomic mass is 9.99. The van der Waals surface area contributed by atoms with E-state index in [9.17, 15) is 17.6 Å². The summed E-state index contributed by atoms with van der Waals surface area (Å²) in [6, 6.07) is -0.0718. The number of ether oxygens (including phenoxy) is 1. The third kappa shape index (κ3) is 3.43. The second-order valence-electron chi connectivity index (χ2n) is 4.47. The minimum absolute atomic E-state index is 0.0718. The fourth-order valence-corrected chi connectivity index (χ4v) is 2.99. The molecular formula is C11H14F4N2OS. The van der Waals surface area contributed by atoms with Crippen molar-refractivity contribution in [3.63, 3.8) is 0 Å². The highest BCUT2D eigenvalue weighted by Crippen LogP contribution is 2.33. The average Bonchev–Trinajstić information content (AvgIpc) is 2.73. The van der Waals surface area contributed by atoms with Gasteiger partial charge in [0, 0.05) is 10.9 Å². The molecule has 8 heteroatoms. The van der Waals surface area contributed by atoms with E-state index in [1.54, 1.807) is 0 Å². The van der Waals surface area contributed by atoms with E-state index in [0.29, 0.717) is 5.01 Å². The van der Waals surface area contributed by atoms with Crippen LogP contribution < -0.4 is 5.73 Å². The Balaban J connectivity index is 1.91. The fraction of sp³-hybridized carbons (Fsp3) is 0.727. The average molecular weight is 298 g/mol. The molecule has 108 valence electrons. The summed E-state index contributed by atoms with van der Waals surface area (Å²) >= 11 is 1.31. The van der Waals surface area contributed by atoms with Gasteiger partial charge in [-0.05, 0) is 19.3 Å². The lowest BCUT2D eigenvalue weighted by molar-refractivity contribution is -0.168. The number of hydrogen-bond acceptors (Lipinski definition) is 4. The second-order valence-corrected chi connectivity index (χ2v) is 5.59. The van der Waals surface area contributed by atoms with Crippen LogP contribution >= 0.6 is 11.3 Å². The number of halogens is 4. The van der Waals surface area contributed by atoms with Crippen molar-refractivity contribution in [3.05, 3.63) is 15.6 Å². The number of alkyl halides is 4. The molecule has 1 aromatic heterocycles. The molecule has 0 saturated heterocycles. The standard InChI is InChI=1S/C11H14F4N2OS/c12-10(13)11(14,15)5-18-4-8-17-7-3-1-2-6(16)9(7)19-8/h6,10H,1-5,16H2. The maximum atomic E-state index is 12.6. The van der Waals surface area contributed by atoms with Gasteiger partial charge in [0.25, 0.3) is 0 Å². The van der Waals surface area contributed by atoms with Crippen molar-refractivity contribution in [2.75, 3.05) is 6.61 Å². The molecule has 0 aromatic carbocycles. The van der Waals surface area contributed by atoms with E-state index in [-0.39, 0.29) is 12.6 Å². The predicted octanol–water partition coefficient (Wildman–Crippen LogP) is 2.90. The molecule has 2 N–H and O–H groups in total. The molecular weight excluding hydrogens is 284 g/mol. The highest BCUT2D eigenvalue weighted by molar-refractivity contribution is 7.11. The molecule has 1 aliphatic carbocycles. The summed E-state index contributed by atoms with van der Waals surface area (Å²) in [6.07, 6.45) is -1.08.